The normalized spacial score (nSPS) is 15.6. The Balaban J connectivity index is 2.11. The molecule has 1 aliphatic rings. The lowest BCUT2D eigenvalue weighted by atomic mass is 10.2. The fraction of sp³-hybridized carbons (Fsp3) is 0.600. The highest BCUT2D eigenvalue weighted by atomic mass is 16.2. The van der Waals surface area contributed by atoms with Gasteiger partial charge in [-0.2, -0.15) is 0 Å². The van der Waals surface area contributed by atoms with Gasteiger partial charge in [-0.1, -0.05) is 0 Å². The summed E-state index contributed by atoms with van der Waals surface area (Å²) in [6.07, 6.45) is 0. The SMILES string of the molecule is CCn1c(C)cc(C(=O)N2CCN(C(C)=O)CC2)c1C. The monoisotopic (exact) mass is 277 g/mol. The first kappa shape index (κ1) is 14.6. The Morgan fingerprint density at radius 3 is 2.10 bits per heavy atom. The number of nitrogens with zero attached hydrogens (tertiary/aromatic N) is 3. The third kappa shape index (κ3) is 2.57. The van der Waals surface area contributed by atoms with Crippen molar-refractivity contribution in [3.63, 3.8) is 0 Å². The lowest BCUT2D eigenvalue weighted by Crippen LogP contribution is -2.50. The number of aromatic nitrogens is 1. The minimum Gasteiger partial charge on any atom is -0.349 e. The van der Waals surface area contributed by atoms with E-state index in [2.05, 4.69) is 11.5 Å². The molecule has 0 N–H and O–H groups in total. The van der Waals surface area contributed by atoms with Crippen LogP contribution in [0.25, 0.3) is 0 Å². The van der Waals surface area contributed by atoms with E-state index in [1.54, 1.807) is 11.8 Å². The zero-order valence-electron chi connectivity index (χ0n) is 12.8. The summed E-state index contributed by atoms with van der Waals surface area (Å²) >= 11 is 0. The summed E-state index contributed by atoms with van der Waals surface area (Å²) in [7, 11) is 0. The lowest BCUT2D eigenvalue weighted by molar-refractivity contribution is -0.130. The van der Waals surface area contributed by atoms with E-state index in [0.717, 1.165) is 23.5 Å². The van der Waals surface area contributed by atoms with E-state index >= 15 is 0 Å². The van der Waals surface area contributed by atoms with Crippen molar-refractivity contribution >= 4 is 11.8 Å². The van der Waals surface area contributed by atoms with Gasteiger partial charge in [-0.3, -0.25) is 9.59 Å². The largest absolute Gasteiger partial charge is 0.349 e. The van der Waals surface area contributed by atoms with E-state index in [0.29, 0.717) is 26.2 Å². The smallest absolute Gasteiger partial charge is 0.255 e. The van der Waals surface area contributed by atoms with Crippen LogP contribution in [0.2, 0.25) is 0 Å². The highest BCUT2D eigenvalue weighted by Gasteiger charge is 2.25. The summed E-state index contributed by atoms with van der Waals surface area (Å²) in [6, 6.07) is 1.97. The van der Waals surface area contributed by atoms with Crippen LogP contribution in [0.1, 0.15) is 35.6 Å². The first-order valence-electron chi connectivity index (χ1n) is 7.17. The van der Waals surface area contributed by atoms with Gasteiger partial charge in [0, 0.05) is 51.0 Å². The number of amides is 2. The molecule has 0 aliphatic carbocycles. The van der Waals surface area contributed by atoms with Crippen LogP contribution in [0.5, 0.6) is 0 Å². The predicted octanol–water partition coefficient (Wildman–Crippen LogP) is 1.43. The minimum atomic E-state index is 0.0843. The van der Waals surface area contributed by atoms with Crippen LogP contribution in [-0.4, -0.2) is 52.4 Å². The molecule has 0 saturated carbocycles. The number of hydrogen-bond acceptors (Lipinski definition) is 2. The fourth-order valence-electron chi connectivity index (χ4n) is 2.90. The summed E-state index contributed by atoms with van der Waals surface area (Å²) < 4.78 is 2.15. The second-order valence-electron chi connectivity index (χ2n) is 5.33. The van der Waals surface area contributed by atoms with E-state index < -0.39 is 0 Å². The van der Waals surface area contributed by atoms with Crippen molar-refractivity contribution in [2.75, 3.05) is 26.2 Å². The molecule has 1 aliphatic heterocycles. The van der Waals surface area contributed by atoms with E-state index in [1.165, 1.54) is 0 Å². The molecule has 1 saturated heterocycles. The summed E-state index contributed by atoms with van der Waals surface area (Å²) in [5, 5.41) is 0. The topological polar surface area (TPSA) is 45.6 Å². The van der Waals surface area contributed by atoms with Gasteiger partial charge in [0.25, 0.3) is 5.91 Å². The number of carbonyl (C=O) groups excluding carboxylic acids is 2. The third-order valence-corrected chi connectivity index (χ3v) is 4.13. The molecule has 20 heavy (non-hydrogen) atoms. The number of piperazine rings is 1. The Bertz CT molecular complexity index is 525. The Kier molecular flexibility index (Phi) is 4.16. The van der Waals surface area contributed by atoms with Crippen molar-refractivity contribution in [3.8, 4) is 0 Å². The van der Waals surface area contributed by atoms with Crippen LogP contribution in [0.15, 0.2) is 6.07 Å². The van der Waals surface area contributed by atoms with E-state index in [-0.39, 0.29) is 11.8 Å². The quantitative estimate of drug-likeness (QED) is 0.821. The second-order valence-corrected chi connectivity index (χ2v) is 5.33. The molecule has 0 unspecified atom stereocenters. The van der Waals surface area contributed by atoms with E-state index in [9.17, 15) is 9.59 Å². The van der Waals surface area contributed by atoms with E-state index in [1.807, 2.05) is 24.8 Å². The Morgan fingerprint density at radius 2 is 1.65 bits per heavy atom. The van der Waals surface area contributed by atoms with Gasteiger partial charge in [-0.25, -0.2) is 0 Å². The van der Waals surface area contributed by atoms with Crippen molar-refractivity contribution in [1.29, 1.82) is 0 Å². The zero-order valence-corrected chi connectivity index (χ0v) is 12.8. The molecule has 1 fully saturated rings. The maximum atomic E-state index is 12.6. The molecule has 1 aromatic heterocycles. The van der Waals surface area contributed by atoms with Crippen molar-refractivity contribution in [2.24, 2.45) is 0 Å². The van der Waals surface area contributed by atoms with Gasteiger partial charge in [0.1, 0.15) is 0 Å². The van der Waals surface area contributed by atoms with Crippen molar-refractivity contribution in [1.82, 2.24) is 14.4 Å². The maximum absolute atomic E-state index is 12.6. The number of rotatable bonds is 2. The maximum Gasteiger partial charge on any atom is 0.255 e. The highest BCUT2D eigenvalue weighted by molar-refractivity contribution is 5.96. The molecule has 110 valence electrons. The molecule has 1 aromatic rings. The average Bonchev–Trinajstić information content (AvgIpc) is 2.72. The Labute approximate surface area is 120 Å². The van der Waals surface area contributed by atoms with Crippen LogP contribution in [-0.2, 0) is 11.3 Å². The second kappa shape index (κ2) is 5.69. The minimum absolute atomic E-state index is 0.0843. The predicted molar refractivity (Wildman–Crippen MR) is 77.7 cm³/mol. The molecule has 2 amide bonds. The molecular formula is C15H23N3O2. The highest BCUT2D eigenvalue weighted by Crippen LogP contribution is 2.18. The molecule has 5 heteroatoms. The van der Waals surface area contributed by atoms with Gasteiger partial charge in [0.2, 0.25) is 5.91 Å². The summed E-state index contributed by atoms with van der Waals surface area (Å²) in [4.78, 5) is 27.5. The van der Waals surface area contributed by atoms with Gasteiger partial charge in [0.05, 0.1) is 5.56 Å². The molecule has 2 heterocycles. The third-order valence-electron chi connectivity index (χ3n) is 4.13. The Hall–Kier alpha value is -1.78. The Morgan fingerprint density at radius 1 is 1.10 bits per heavy atom. The van der Waals surface area contributed by atoms with Gasteiger partial charge >= 0.3 is 0 Å². The molecule has 0 radical (unpaired) electrons. The van der Waals surface area contributed by atoms with Gasteiger partial charge in [0.15, 0.2) is 0 Å². The van der Waals surface area contributed by atoms with Crippen LogP contribution in [0.3, 0.4) is 0 Å². The van der Waals surface area contributed by atoms with Crippen molar-refractivity contribution < 1.29 is 9.59 Å². The zero-order chi connectivity index (χ0) is 14.9. The first-order chi connectivity index (χ1) is 9.45. The standard InChI is InChI=1S/C15H23N3O2/c1-5-18-11(2)10-14(12(18)3)15(20)17-8-6-16(7-9-17)13(4)19/h10H,5-9H2,1-4H3. The summed E-state index contributed by atoms with van der Waals surface area (Å²) in [5.74, 6) is 0.169. The van der Waals surface area contributed by atoms with Gasteiger partial charge < -0.3 is 14.4 Å². The number of carbonyl (C=O) groups is 2. The van der Waals surface area contributed by atoms with Crippen molar-refractivity contribution in [2.45, 2.75) is 34.2 Å². The van der Waals surface area contributed by atoms with E-state index in [4.69, 9.17) is 0 Å². The average molecular weight is 277 g/mol. The molecule has 5 nitrogen and oxygen atoms in total. The molecule has 0 bridgehead atoms. The number of hydrogen-bond donors (Lipinski definition) is 0. The van der Waals surface area contributed by atoms with Crippen LogP contribution < -0.4 is 0 Å². The van der Waals surface area contributed by atoms with Crippen LogP contribution in [0, 0.1) is 13.8 Å². The molecule has 2 rings (SSSR count). The van der Waals surface area contributed by atoms with Gasteiger partial charge in [-0.15, -0.1) is 0 Å². The molecular weight excluding hydrogens is 254 g/mol. The first-order valence-corrected chi connectivity index (χ1v) is 7.17. The molecule has 0 aromatic carbocycles. The fourth-order valence-corrected chi connectivity index (χ4v) is 2.90. The molecule has 0 atom stereocenters. The van der Waals surface area contributed by atoms with Gasteiger partial charge in [-0.05, 0) is 26.8 Å². The van der Waals surface area contributed by atoms with Crippen LogP contribution >= 0.6 is 0 Å². The summed E-state index contributed by atoms with van der Waals surface area (Å²) in [6.45, 7) is 11.1. The summed E-state index contributed by atoms with van der Waals surface area (Å²) in [5.41, 5.74) is 2.94. The lowest BCUT2D eigenvalue weighted by Gasteiger charge is -2.34. The number of aryl methyl sites for hydroxylation is 1. The van der Waals surface area contributed by atoms with Crippen molar-refractivity contribution in [3.05, 3.63) is 23.0 Å². The molecule has 0 spiro atoms. The van der Waals surface area contributed by atoms with Crippen LogP contribution in [0.4, 0.5) is 0 Å².